The Morgan fingerprint density at radius 1 is 1.25 bits per heavy atom. The third kappa shape index (κ3) is 2.77. The van der Waals surface area contributed by atoms with Crippen LogP contribution >= 0.6 is 0 Å². The molecule has 2 aromatic carbocycles. The summed E-state index contributed by atoms with van der Waals surface area (Å²) in [7, 11) is 1.35. The normalized spacial score (nSPS) is 10.3. The maximum absolute atomic E-state index is 13.9. The number of Topliss-reactive ketones (excluding diaryl/α,β-unsaturated/α-hetero) is 1. The van der Waals surface area contributed by atoms with E-state index in [0.717, 1.165) is 6.07 Å². The smallest absolute Gasteiger partial charge is 0.168 e. The van der Waals surface area contributed by atoms with Gasteiger partial charge in [-0.15, -0.1) is 0 Å². The molecule has 0 heterocycles. The summed E-state index contributed by atoms with van der Waals surface area (Å²) < 4.78 is 32.1. The van der Waals surface area contributed by atoms with Crippen LogP contribution < -0.4 is 10.5 Å². The van der Waals surface area contributed by atoms with Gasteiger partial charge in [-0.3, -0.25) is 4.79 Å². The highest BCUT2D eigenvalue weighted by Gasteiger charge is 2.14. The number of benzene rings is 2. The summed E-state index contributed by atoms with van der Waals surface area (Å²) >= 11 is 0. The summed E-state index contributed by atoms with van der Waals surface area (Å²) in [6.07, 6.45) is -0.174. The van der Waals surface area contributed by atoms with Gasteiger partial charge < -0.3 is 10.5 Å². The van der Waals surface area contributed by atoms with Crippen LogP contribution in [-0.4, -0.2) is 12.9 Å². The molecule has 2 rings (SSSR count). The summed E-state index contributed by atoms with van der Waals surface area (Å²) in [5, 5.41) is 0. The van der Waals surface area contributed by atoms with E-state index >= 15 is 0 Å². The Morgan fingerprint density at radius 3 is 2.65 bits per heavy atom. The van der Waals surface area contributed by atoms with Crippen molar-refractivity contribution < 1.29 is 18.3 Å². The Balaban J connectivity index is 2.25. The van der Waals surface area contributed by atoms with Crippen LogP contribution in [0, 0.1) is 11.6 Å². The van der Waals surface area contributed by atoms with Gasteiger partial charge in [0.25, 0.3) is 0 Å². The predicted octanol–water partition coefficient (Wildman–Crippen LogP) is 2.98. The Labute approximate surface area is 115 Å². The third-order valence-corrected chi connectivity index (χ3v) is 2.94. The largest absolute Gasteiger partial charge is 0.494 e. The fourth-order valence-electron chi connectivity index (χ4n) is 1.83. The summed E-state index contributed by atoms with van der Waals surface area (Å²) in [4.78, 5) is 12.0. The number of ether oxygens (including phenoxy) is 1. The molecule has 3 nitrogen and oxygen atoms in total. The van der Waals surface area contributed by atoms with Crippen molar-refractivity contribution in [3.63, 3.8) is 0 Å². The lowest BCUT2D eigenvalue weighted by atomic mass is 10.0. The highest BCUT2D eigenvalue weighted by atomic mass is 19.1. The molecule has 5 heteroatoms. The minimum absolute atomic E-state index is 0.0332. The topological polar surface area (TPSA) is 52.3 Å². The van der Waals surface area contributed by atoms with Crippen molar-refractivity contribution in [3.05, 3.63) is 59.2 Å². The zero-order valence-electron chi connectivity index (χ0n) is 10.8. The molecule has 0 bridgehead atoms. The Morgan fingerprint density at radius 2 is 2.00 bits per heavy atom. The first-order valence-corrected chi connectivity index (χ1v) is 5.92. The van der Waals surface area contributed by atoms with Gasteiger partial charge in [-0.1, -0.05) is 12.1 Å². The molecular formula is C15H13F2NO2. The number of carbonyl (C=O) groups excluding carboxylic acids is 1. The molecule has 2 aromatic rings. The number of anilines is 1. The van der Waals surface area contributed by atoms with Gasteiger partial charge in [0.15, 0.2) is 17.3 Å². The number of rotatable bonds is 4. The first-order valence-electron chi connectivity index (χ1n) is 5.92. The molecule has 0 amide bonds. The van der Waals surface area contributed by atoms with E-state index in [4.69, 9.17) is 10.5 Å². The van der Waals surface area contributed by atoms with E-state index in [1.165, 1.54) is 31.4 Å². The molecule has 0 saturated carbocycles. The van der Waals surface area contributed by atoms with Crippen LogP contribution in [0.5, 0.6) is 5.75 Å². The first-order chi connectivity index (χ1) is 9.52. The molecular weight excluding hydrogens is 264 g/mol. The highest BCUT2D eigenvalue weighted by molar-refractivity contribution is 5.97. The van der Waals surface area contributed by atoms with E-state index in [9.17, 15) is 13.6 Å². The van der Waals surface area contributed by atoms with Crippen molar-refractivity contribution in [2.75, 3.05) is 12.8 Å². The summed E-state index contributed by atoms with van der Waals surface area (Å²) in [6.45, 7) is 0. The lowest BCUT2D eigenvalue weighted by Crippen LogP contribution is -2.07. The van der Waals surface area contributed by atoms with Crippen molar-refractivity contribution in [3.8, 4) is 5.75 Å². The number of nitrogens with two attached hydrogens (primary N) is 1. The van der Waals surface area contributed by atoms with Crippen molar-refractivity contribution in [1.29, 1.82) is 0 Å². The average Bonchev–Trinajstić information content (AvgIpc) is 2.44. The fourth-order valence-corrected chi connectivity index (χ4v) is 1.83. The van der Waals surface area contributed by atoms with Gasteiger partial charge in [-0.05, 0) is 29.8 Å². The van der Waals surface area contributed by atoms with Crippen molar-refractivity contribution >= 4 is 11.5 Å². The van der Waals surface area contributed by atoms with Gasteiger partial charge >= 0.3 is 0 Å². The van der Waals surface area contributed by atoms with E-state index in [-0.39, 0.29) is 29.0 Å². The Bertz CT molecular complexity index is 656. The van der Waals surface area contributed by atoms with Gasteiger partial charge in [-0.2, -0.15) is 0 Å². The number of hydrogen-bond acceptors (Lipinski definition) is 3. The first kappa shape index (κ1) is 14.0. The van der Waals surface area contributed by atoms with Crippen LogP contribution in [0.4, 0.5) is 14.5 Å². The maximum atomic E-state index is 13.9. The second-order valence-electron chi connectivity index (χ2n) is 4.27. The number of carbonyl (C=O) groups is 1. The van der Waals surface area contributed by atoms with Gasteiger partial charge in [0, 0.05) is 12.0 Å². The molecule has 0 aliphatic heterocycles. The zero-order valence-corrected chi connectivity index (χ0v) is 10.8. The number of hydrogen-bond donors (Lipinski definition) is 1. The average molecular weight is 277 g/mol. The molecule has 0 unspecified atom stereocenters. The third-order valence-electron chi connectivity index (χ3n) is 2.94. The molecule has 0 aromatic heterocycles. The fraction of sp³-hybridized carbons (Fsp3) is 0.133. The maximum Gasteiger partial charge on any atom is 0.168 e. The van der Waals surface area contributed by atoms with Crippen molar-refractivity contribution in [2.24, 2.45) is 0 Å². The van der Waals surface area contributed by atoms with Crippen LogP contribution in [0.2, 0.25) is 0 Å². The zero-order chi connectivity index (χ0) is 14.7. The van der Waals surface area contributed by atoms with Crippen LogP contribution in [-0.2, 0) is 6.42 Å². The van der Waals surface area contributed by atoms with Crippen molar-refractivity contribution in [2.45, 2.75) is 6.42 Å². The lowest BCUT2D eigenvalue weighted by molar-refractivity contribution is 0.0991. The van der Waals surface area contributed by atoms with Gasteiger partial charge in [0.1, 0.15) is 5.82 Å². The van der Waals surface area contributed by atoms with Crippen LogP contribution in [0.25, 0.3) is 0 Å². The van der Waals surface area contributed by atoms with Gasteiger partial charge in [-0.25, -0.2) is 8.78 Å². The molecule has 0 aliphatic rings. The minimum atomic E-state index is -0.665. The number of ketones is 1. The predicted molar refractivity (Wildman–Crippen MR) is 71.8 cm³/mol. The summed E-state index contributed by atoms with van der Waals surface area (Å²) in [5.41, 5.74) is 5.66. The molecule has 0 saturated heterocycles. The number of halogens is 2. The van der Waals surface area contributed by atoms with E-state index in [1.54, 1.807) is 6.07 Å². The SMILES string of the molecule is COc1cccc(CC(=O)c2ccc(N)c(F)c2)c1F. The van der Waals surface area contributed by atoms with E-state index < -0.39 is 17.4 Å². The van der Waals surface area contributed by atoms with Crippen LogP contribution in [0.3, 0.4) is 0 Å². The second-order valence-corrected chi connectivity index (χ2v) is 4.27. The summed E-state index contributed by atoms with van der Waals surface area (Å²) in [5.74, 6) is -1.57. The van der Waals surface area contributed by atoms with E-state index in [1.807, 2.05) is 0 Å². The Hall–Kier alpha value is -2.43. The molecule has 104 valence electrons. The monoisotopic (exact) mass is 277 g/mol. The molecule has 0 fully saturated rings. The van der Waals surface area contributed by atoms with Crippen molar-refractivity contribution in [1.82, 2.24) is 0 Å². The molecule has 2 N–H and O–H groups in total. The minimum Gasteiger partial charge on any atom is -0.494 e. The van der Waals surface area contributed by atoms with Crippen LogP contribution in [0.1, 0.15) is 15.9 Å². The quantitative estimate of drug-likeness (QED) is 0.690. The number of methoxy groups -OCH3 is 1. The molecule has 20 heavy (non-hydrogen) atoms. The number of nitrogen functional groups attached to an aromatic ring is 1. The highest BCUT2D eigenvalue weighted by Crippen LogP contribution is 2.22. The standard InChI is InChI=1S/C15H13F2NO2/c1-20-14-4-2-3-10(15(14)17)8-13(19)9-5-6-12(18)11(16)7-9/h2-7H,8,18H2,1H3. The van der Waals surface area contributed by atoms with E-state index in [2.05, 4.69) is 0 Å². The molecule has 0 spiro atoms. The lowest BCUT2D eigenvalue weighted by Gasteiger charge is -2.07. The van der Waals surface area contributed by atoms with Gasteiger partial charge in [0.2, 0.25) is 0 Å². The Kier molecular flexibility index (Phi) is 3.98. The molecule has 0 aliphatic carbocycles. The summed E-state index contributed by atoms with van der Waals surface area (Å²) in [6, 6.07) is 8.32. The molecule has 0 atom stereocenters. The van der Waals surface area contributed by atoms with Gasteiger partial charge in [0.05, 0.1) is 12.8 Å². The van der Waals surface area contributed by atoms with Crippen LogP contribution in [0.15, 0.2) is 36.4 Å². The van der Waals surface area contributed by atoms with E-state index in [0.29, 0.717) is 0 Å². The second kappa shape index (κ2) is 5.69. The molecule has 0 radical (unpaired) electrons.